The minimum atomic E-state index is -0.763. The highest BCUT2D eigenvalue weighted by Gasteiger charge is 2.22. The van der Waals surface area contributed by atoms with Gasteiger partial charge in [-0.05, 0) is 5.56 Å². The average Bonchev–Trinajstić information content (AvgIpc) is 3.39. The second-order valence-electron chi connectivity index (χ2n) is 6.28. The summed E-state index contributed by atoms with van der Waals surface area (Å²) in [5.41, 5.74) is 0.707. The van der Waals surface area contributed by atoms with Crippen molar-refractivity contribution >= 4 is 11.6 Å². The minimum Gasteiger partial charge on any atom is -0.501 e. The van der Waals surface area contributed by atoms with Gasteiger partial charge in [-0.2, -0.15) is 5.10 Å². The number of carbonyl (C=O) groups is 1. The fourth-order valence-corrected chi connectivity index (χ4v) is 2.80. The van der Waals surface area contributed by atoms with E-state index in [1.807, 2.05) is 30.3 Å². The molecule has 2 N–H and O–H groups in total. The van der Waals surface area contributed by atoms with Gasteiger partial charge in [0.05, 0.1) is 24.5 Å². The monoisotopic (exact) mass is 392 g/mol. The van der Waals surface area contributed by atoms with Crippen molar-refractivity contribution in [2.24, 2.45) is 7.05 Å². The molecule has 0 bridgehead atoms. The zero-order chi connectivity index (χ0) is 20.4. The Balaban J connectivity index is 1.68. The van der Waals surface area contributed by atoms with E-state index in [-0.39, 0.29) is 11.5 Å². The third kappa shape index (κ3) is 3.63. The number of aromatic nitrogens is 5. The summed E-state index contributed by atoms with van der Waals surface area (Å²) in [5.74, 6) is -1.31. The molecular weight excluding hydrogens is 376 g/mol. The second-order valence-corrected chi connectivity index (χ2v) is 6.28. The van der Waals surface area contributed by atoms with Crippen LogP contribution in [0.15, 0.2) is 64.5 Å². The van der Waals surface area contributed by atoms with Gasteiger partial charge in [-0.1, -0.05) is 35.5 Å². The fraction of sp³-hybridized carbons (Fsp3) is 0.105. The van der Waals surface area contributed by atoms with Crippen LogP contribution in [0.25, 0.3) is 11.4 Å². The lowest BCUT2D eigenvalue weighted by atomic mass is 10.2. The van der Waals surface area contributed by atoms with Crippen LogP contribution in [0.5, 0.6) is 5.75 Å². The van der Waals surface area contributed by atoms with Crippen LogP contribution in [0.4, 0.5) is 5.69 Å². The van der Waals surface area contributed by atoms with Crippen molar-refractivity contribution in [2.75, 3.05) is 5.32 Å². The van der Waals surface area contributed by atoms with Crippen LogP contribution in [0.3, 0.4) is 0 Å². The molecule has 0 aliphatic carbocycles. The molecule has 4 rings (SSSR count). The number of aromatic hydroxyl groups is 1. The summed E-state index contributed by atoms with van der Waals surface area (Å²) in [7, 11) is 1.46. The quantitative estimate of drug-likeness (QED) is 0.528. The highest BCUT2D eigenvalue weighted by Crippen LogP contribution is 2.20. The van der Waals surface area contributed by atoms with Crippen LogP contribution < -0.4 is 10.9 Å². The molecule has 0 saturated heterocycles. The van der Waals surface area contributed by atoms with Gasteiger partial charge < -0.3 is 14.9 Å². The Morgan fingerprint density at radius 3 is 2.76 bits per heavy atom. The van der Waals surface area contributed by atoms with Gasteiger partial charge in [0.1, 0.15) is 17.8 Å². The highest BCUT2D eigenvalue weighted by molar-refractivity contribution is 6.04. The number of nitrogens with one attached hydrogen (secondary N) is 1. The van der Waals surface area contributed by atoms with E-state index in [4.69, 9.17) is 0 Å². The number of hydrogen-bond acceptors (Lipinski definition) is 7. The first kappa shape index (κ1) is 18.2. The molecule has 0 atom stereocenters. The van der Waals surface area contributed by atoms with Crippen molar-refractivity contribution in [3.05, 3.63) is 76.8 Å². The molecular formula is C19H16N6O4. The molecule has 1 amide bonds. The Labute approximate surface area is 164 Å². The van der Waals surface area contributed by atoms with Crippen LogP contribution in [0.2, 0.25) is 0 Å². The smallest absolute Gasteiger partial charge is 0.296 e. The molecule has 29 heavy (non-hydrogen) atoms. The molecule has 146 valence electrons. The fourth-order valence-electron chi connectivity index (χ4n) is 2.80. The molecule has 0 aliphatic rings. The van der Waals surface area contributed by atoms with Gasteiger partial charge in [0.25, 0.3) is 11.5 Å². The maximum Gasteiger partial charge on any atom is 0.296 e. The van der Waals surface area contributed by atoms with Gasteiger partial charge in [0, 0.05) is 13.2 Å². The first-order chi connectivity index (χ1) is 14.0. The standard InChI is InChI=1S/C19H16N6O4/c1-24-17(13-7-20-25(10-13)9-12-5-3-2-4-6-12)23-15(16(26)19(24)28)18(27)22-14-8-21-29-11-14/h2-8,10-11,26H,9H2,1H3,(H,22,27). The van der Waals surface area contributed by atoms with E-state index >= 15 is 0 Å². The van der Waals surface area contributed by atoms with E-state index in [0.29, 0.717) is 12.1 Å². The largest absolute Gasteiger partial charge is 0.501 e. The predicted molar refractivity (Wildman–Crippen MR) is 102 cm³/mol. The molecule has 0 radical (unpaired) electrons. The van der Waals surface area contributed by atoms with Gasteiger partial charge in [-0.25, -0.2) is 4.98 Å². The molecule has 3 aromatic heterocycles. The van der Waals surface area contributed by atoms with Gasteiger partial charge in [-0.3, -0.25) is 18.8 Å². The number of nitrogens with zero attached hydrogens (tertiary/aromatic N) is 5. The summed E-state index contributed by atoms with van der Waals surface area (Å²) >= 11 is 0. The zero-order valence-corrected chi connectivity index (χ0v) is 15.3. The first-order valence-electron chi connectivity index (χ1n) is 8.60. The Kier molecular flexibility index (Phi) is 4.65. The summed E-state index contributed by atoms with van der Waals surface area (Å²) in [6.45, 7) is 0.535. The lowest BCUT2D eigenvalue weighted by Gasteiger charge is -2.10. The van der Waals surface area contributed by atoms with E-state index < -0.39 is 22.9 Å². The number of amides is 1. The Hall–Kier alpha value is -4.21. The predicted octanol–water partition coefficient (Wildman–Crippen LogP) is 1.64. The normalized spacial score (nSPS) is 10.8. The third-order valence-electron chi connectivity index (χ3n) is 4.25. The molecule has 0 aliphatic heterocycles. The molecule has 0 saturated carbocycles. The molecule has 4 aromatic rings. The van der Waals surface area contributed by atoms with Crippen LogP contribution in [-0.2, 0) is 13.6 Å². The SMILES string of the molecule is Cn1c(-c2cnn(Cc3ccccc3)c2)nc(C(=O)Nc2cnoc2)c(O)c1=O. The van der Waals surface area contributed by atoms with Crippen molar-refractivity contribution < 1.29 is 14.4 Å². The van der Waals surface area contributed by atoms with E-state index in [2.05, 4.69) is 25.1 Å². The molecule has 1 aromatic carbocycles. The van der Waals surface area contributed by atoms with E-state index in [0.717, 1.165) is 10.1 Å². The molecule has 0 spiro atoms. The third-order valence-corrected chi connectivity index (χ3v) is 4.25. The molecule has 3 heterocycles. The Morgan fingerprint density at radius 1 is 1.24 bits per heavy atom. The molecule has 10 nitrogen and oxygen atoms in total. The first-order valence-corrected chi connectivity index (χ1v) is 8.60. The maximum atomic E-state index is 12.5. The van der Waals surface area contributed by atoms with Crippen LogP contribution in [-0.4, -0.2) is 35.5 Å². The number of hydrogen-bond donors (Lipinski definition) is 2. The van der Waals surface area contributed by atoms with Crippen molar-refractivity contribution in [1.82, 2.24) is 24.5 Å². The second kappa shape index (κ2) is 7.43. The molecule has 0 fully saturated rings. The van der Waals surface area contributed by atoms with Crippen LogP contribution in [0, 0.1) is 0 Å². The maximum absolute atomic E-state index is 12.5. The zero-order valence-electron chi connectivity index (χ0n) is 15.3. The van der Waals surface area contributed by atoms with Gasteiger partial charge in [0.2, 0.25) is 5.75 Å². The Morgan fingerprint density at radius 2 is 2.03 bits per heavy atom. The number of rotatable bonds is 5. The van der Waals surface area contributed by atoms with Crippen LogP contribution in [0.1, 0.15) is 16.1 Å². The number of carbonyl (C=O) groups excluding carboxylic acids is 1. The summed E-state index contributed by atoms with van der Waals surface area (Å²) in [6, 6.07) is 9.75. The summed E-state index contributed by atoms with van der Waals surface area (Å²) in [4.78, 5) is 29.1. The lowest BCUT2D eigenvalue weighted by Crippen LogP contribution is -2.25. The molecule has 10 heteroatoms. The van der Waals surface area contributed by atoms with Gasteiger partial charge in [0.15, 0.2) is 5.69 Å². The highest BCUT2D eigenvalue weighted by atomic mass is 16.5. The van der Waals surface area contributed by atoms with Crippen molar-refractivity contribution in [1.29, 1.82) is 0 Å². The number of benzene rings is 1. The Bertz CT molecular complexity index is 1210. The lowest BCUT2D eigenvalue weighted by molar-refractivity contribution is 0.101. The summed E-state index contributed by atoms with van der Waals surface area (Å²) in [6.07, 6.45) is 5.76. The minimum absolute atomic E-state index is 0.197. The van der Waals surface area contributed by atoms with Crippen LogP contribution >= 0.6 is 0 Å². The summed E-state index contributed by atoms with van der Waals surface area (Å²) in [5, 5.41) is 20.4. The molecule has 0 unspecified atom stereocenters. The number of anilines is 1. The van der Waals surface area contributed by atoms with E-state index in [9.17, 15) is 14.7 Å². The topological polar surface area (TPSA) is 128 Å². The van der Waals surface area contributed by atoms with E-state index in [1.165, 1.54) is 19.5 Å². The summed E-state index contributed by atoms with van der Waals surface area (Å²) < 4.78 is 7.50. The van der Waals surface area contributed by atoms with Gasteiger partial charge >= 0.3 is 0 Å². The van der Waals surface area contributed by atoms with Crippen molar-refractivity contribution in [3.8, 4) is 17.1 Å². The van der Waals surface area contributed by atoms with E-state index in [1.54, 1.807) is 17.1 Å². The average molecular weight is 392 g/mol. The van der Waals surface area contributed by atoms with Gasteiger partial charge in [-0.15, -0.1) is 0 Å². The van der Waals surface area contributed by atoms with Crippen molar-refractivity contribution in [3.63, 3.8) is 0 Å². The van der Waals surface area contributed by atoms with Crippen molar-refractivity contribution in [2.45, 2.75) is 6.54 Å².